The number of aryl methyl sites for hydroxylation is 1. The molecular formula is C20H29NO5. The number of methoxy groups -OCH3 is 1. The van der Waals surface area contributed by atoms with Gasteiger partial charge in [-0.05, 0) is 45.6 Å². The first-order chi connectivity index (χ1) is 12.2. The zero-order valence-corrected chi connectivity index (χ0v) is 16.0. The molecular weight excluding hydrogens is 334 g/mol. The Hall–Kier alpha value is -2.37. The Morgan fingerprint density at radius 1 is 1.04 bits per heavy atom. The third kappa shape index (κ3) is 9.20. The first-order valence-corrected chi connectivity index (χ1v) is 8.83. The van der Waals surface area contributed by atoms with Crippen molar-refractivity contribution in [3.8, 4) is 0 Å². The largest absolute Gasteiger partial charge is 0.469 e. The molecule has 6 heteroatoms. The van der Waals surface area contributed by atoms with Crippen LogP contribution in [-0.4, -0.2) is 36.6 Å². The van der Waals surface area contributed by atoms with E-state index in [1.165, 1.54) is 7.11 Å². The fourth-order valence-electron chi connectivity index (χ4n) is 2.33. The van der Waals surface area contributed by atoms with Crippen molar-refractivity contribution in [1.29, 1.82) is 0 Å². The lowest BCUT2D eigenvalue weighted by molar-refractivity contribution is -0.157. The molecule has 1 aromatic carbocycles. The molecule has 0 saturated heterocycles. The zero-order valence-electron chi connectivity index (χ0n) is 16.0. The predicted octanol–water partition coefficient (Wildman–Crippen LogP) is 2.79. The maximum atomic E-state index is 12.5. The van der Waals surface area contributed by atoms with Gasteiger partial charge in [0.2, 0.25) is 0 Å². The van der Waals surface area contributed by atoms with Gasteiger partial charge in [0.15, 0.2) is 6.10 Å². The van der Waals surface area contributed by atoms with Gasteiger partial charge < -0.3 is 14.8 Å². The molecule has 1 atom stereocenters. The summed E-state index contributed by atoms with van der Waals surface area (Å²) < 4.78 is 9.93. The molecule has 1 N–H and O–H groups in total. The van der Waals surface area contributed by atoms with Gasteiger partial charge >= 0.3 is 11.9 Å². The average molecular weight is 363 g/mol. The molecule has 1 aromatic rings. The lowest BCUT2D eigenvalue weighted by atomic mass is 10.0. The summed E-state index contributed by atoms with van der Waals surface area (Å²) in [5.41, 5.74) is 0.655. The van der Waals surface area contributed by atoms with Crippen LogP contribution < -0.4 is 5.32 Å². The first kappa shape index (κ1) is 21.7. The quantitative estimate of drug-likeness (QED) is 0.682. The molecule has 0 aliphatic heterocycles. The summed E-state index contributed by atoms with van der Waals surface area (Å²) in [5, 5.41) is 2.85. The number of ether oxygens (including phenoxy) is 2. The molecule has 0 fully saturated rings. The summed E-state index contributed by atoms with van der Waals surface area (Å²) in [7, 11) is 1.30. The van der Waals surface area contributed by atoms with Crippen LogP contribution in [0.15, 0.2) is 30.3 Å². The molecule has 0 spiro atoms. The summed E-state index contributed by atoms with van der Waals surface area (Å²) in [4.78, 5) is 35.6. The summed E-state index contributed by atoms with van der Waals surface area (Å²) in [5.74, 6) is -1.17. The highest BCUT2D eigenvalue weighted by molar-refractivity contribution is 5.84. The van der Waals surface area contributed by atoms with Crippen molar-refractivity contribution >= 4 is 17.8 Å². The SMILES string of the molecule is COC(=O)CCCC(=O)OC(CCc1ccccc1)C(=O)NC(C)(C)C. The first-order valence-electron chi connectivity index (χ1n) is 8.83. The van der Waals surface area contributed by atoms with Crippen LogP contribution in [0.3, 0.4) is 0 Å². The number of carbonyl (C=O) groups is 3. The van der Waals surface area contributed by atoms with E-state index >= 15 is 0 Å². The van der Waals surface area contributed by atoms with Crippen LogP contribution in [0.4, 0.5) is 0 Å². The average Bonchev–Trinajstić information content (AvgIpc) is 2.57. The number of amides is 1. The van der Waals surface area contributed by atoms with E-state index in [9.17, 15) is 14.4 Å². The lowest BCUT2D eigenvalue weighted by Gasteiger charge is -2.25. The normalized spacial score (nSPS) is 12.2. The van der Waals surface area contributed by atoms with Gasteiger partial charge in [-0.1, -0.05) is 30.3 Å². The van der Waals surface area contributed by atoms with Crippen LogP contribution in [0.1, 0.15) is 52.0 Å². The van der Waals surface area contributed by atoms with Crippen molar-refractivity contribution in [1.82, 2.24) is 5.32 Å². The molecule has 144 valence electrons. The zero-order chi connectivity index (χ0) is 19.6. The Balaban J connectivity index is 2.62. The number of hydrogen-bond donors (Lipinski definition) is 1. The third-order valence-electron chi connectivity index (χ3n) is 3.59. The van der Waals surface area contributed by atoms with E-state index in [4.69, 9.17) is 4.74 Å². The highest BCUT2D eigenvalue weighted by atomic mass is 16.5. The van der Waals surface area contributed by atoms with E-state index < -0.39 is 17.6 Å². The van der Waals surface area contributed by atoms with Gasteiger partial charge in [0.25, 0.3) is 5.91 Å². The molecule has 1 unspecified atom stereocenters. The second kappa shape index (κ2) is 10.6. The summed E-state index contributed by atoms with van der Waals surface area (Å²) >= 11 is 0. The van der Waals surface area contributed by atoms with Crippen LogP contribution in [0.5, 0.6) is 0 Å². The molecule has 26 heavy (non-hydrogen) atoms. The highest BCUT2D eigenvalue weighted by Crippen LogP contribution is 2.12. The molecule has 0 aliphatic rings. The third-order valence-corrected chi connectivity index (χ3v) is 3.59. The molecule has 6 nitrogen and oxygen atoms in total. The van der Waals surface area contributed by atoms with E-state index in [0.29, 0.717) is 19.3 Å². The number of benzene rings is 1. The molecule has 0 aromatic heterocycles. The van der Waals surface area contributed by atoms with Crippen molar-refractivity contribution in [3.05, 3.63) is 35.9 Å². The van der Waals surface area contributed by atoms with Crippen molar-refractivity contribution in [2.24, 2.45) is 0 Å². The maximum Gasteiger partial charge on any atom is 0.306 e. The smallest absolute Gasteiger partial charge is 0.306 e. The van der Waals surface area contributed by atoms with Gasteiger partial charge in [0.05, 0.1) is 7.11 Å². The minimum absolute atomic E-state index is 0.0692. The number of hydrogen-bond acceptors (Lipinski definition) is 5. The van der Waals surface area contributed by atoms with Crippen LogP contribution in [0, 0.1) is 0 Å². The number of nitrogens with one attached hydrogen (secondary N) is 1. The second-order valence-corrected chi connectivity index (χ2v) is 7.17. The van der Waals surface area contributed by atoms with E-state index in [1.807, 2.05) is 51.1 Å². The molecule has 0 bridgehead atoms. The lowest BCUT2D eigenvalue weighted by Crippen LogP contribution is -2.47. The number of esters is 2. The van der Waals surface area contributed by atoms with Gasteiger partial charge in [-0.25, -0.2) is 0 Å². The van der Waals surface area contributed by atoms with Crippen LogP contribution in [-0.2, 0) is 30.3 Å². The van der Waals surface area contributed by atoms with E-state index in [0.717, 1.165) is 5.56 Å². The second-order valence-electron chi connectivity index (χ2n) is 7.17. The number of rotatable bonds is 9. The summed E-state index contributed by atoms with van der Waals surface area (Å²) in [6.07, 6.45) is 0.708. The Bertz CT molecular complexity index is 592. The highest BCUT2D eigenvalue weighted by Gasteiger charge is 2.26. The molecule has 1 rings (SSSR count). The topological polar surface area (TPSA) is 81.7 Å². The van der Waals surface area contributed by atoms with Crippen molar-refractivity contribution < 1.29 is 23.9 Å². The Morgan fingerprint density at radius 3 is 2.23 bits per heavy atom. The summed E-state index contributed by atoms with van der Waals surface area (Å²) in [6.45, 7) is 5.62. The van der Waals surface area contributed by atoms with Crippen molar-refractivity contribution in [2.75, 3.05) is 7.11 Å². The minimum atomic E-state index is -0.861. The molecule has 0 saturated carbocycles. The Labute approximate surface area is 155 Å². The minimum Gasteiger partial charge on any atom is -0.469 e. The van der Waals surface area contributed by atoms with Crippen molar-refractivity contribution in [3.63, 3.8) is 0 Å². The van der Waals surface area contributed by atoms with Gasteiger partial charge in [-0.15, -0.1) is 0 Å². The summed E-state index contributed by atoms with van der Waals surface area (Å²) in [6, 6.07) is 9.72. The van der Waals surface area contributed by atoms with Gasteiger partial charge in [-0.2, -0.15) is 0 Å². The number of carbonyl (C=O) groups excluding carboxylic acids is 3. The maximum absolute atomic E-state index is 12.5. The Morgan fingerprint density at radius 2 is 1.65 bits per heavy atom. The fraction of sp³-hybridized carbons (Fsp3) is 0.550. The van der Waals surface area contributed by atoms with E-state index in [1.54, 1.807) is 0 Å². The molecule has 0 heterocycles. The van der Waals surface area contributed by atoms with Gasteiger partial charge in [-0.3, -0.25) is 14.4 Å². The molecule has 1 amide bonds. The van der Waals surface area contributed by atoms with E-state index in [-0.39, 0.29) is 24.7 Å². The Kier molecular flexibility index (Phi) is 8.82. The van der Waals surface area contributed by atoms with Gasteiger partial charge in [0.1, 0.15) is 0 Å². The van der Waals surface area contributed by atoms with Crippen LogP contribution in [0.25, 0.3) is 0 Å². The van der Waals surface area contributed by atoms with Gasteiger partial charge in [0, 0.05) is 18.4 Å². The van der Waals surface area contributed by atoms with Crippen molar-refractivity contribution in [2.45, 2.75) is 64.5 Å². The predicted molar refractivity (Wildman–Crippen MR) is 98.4 cm³/mol. The standard InChI is InChI=1S/C20H29NO5/c1-20(2,3)21-19(24)16(14-13-15-9-6-5-7-10-15)26-18(23)12-8-11-17(22)25-4/h5-7,9-10,16H,8,11-14H2,1-4H3,(H,21,24). The monoisotopic (exact) mass is 363 g/mol. The fourth-order valence-corrected chi connectivity index (χ4v) is 2.33. The molecule has 0 aliphatic carbocycles. The molecule has 0 radical (unpaired) electrons. The van der Waals surface area contributed by atoms with Crippen LogP contribution in [0.2, 0.25) is 0 Å². The van der Waals surface area contributed by atoms with E-state index in [2.05, 4.69) is 10.1 Å². The van der Waals surface area contributed by atoms with Crippen LogP contribution >= 0.6 is 0 Å².